The largest absolute Gasteiger partial charge is 0.468 e. The second-order valence-corrected chi connectivity index (χ2v) is 7.66. The van der Waals surface area contributed by atoms with Gasteiger partial charge in [-0.3, -0.25) is 14.5 Å². The van der Waals surface area contributed by atoms with Gasteiger partial charge in [0, 0.05) is 51.5 Å². The standard InChI is InChI=1S/C22H31N5O3/c1-25(2)11-10-23-21(28)22(29)24-17-19(20-9-6-16-30-20)27-14-12-26(13-15-27)18-7-4-3-5-8-18/h3-9,16,19H,10-15,17H2,1-2H3,(H,23,28)(H,24,29)/t19-/m0/s1. The maximum Gasteiger partial charge on any atom is 0.309 e. The molecule has 2 heterocycles. The molecule has 0 saturated carbocycles. The van der Waals surface area contributed by atoms with E-state index in [9.17, 15) is 9.59 Å². The van der Waals surface area contributed by atoms with E-state index in [1.165, 1.54) is 5.69 Å². The SMILES string of the molecule is CN(C)CCNC(=O)C(=O)NC[C@@H](c1ccco1)N1CCN(c2ccccc2)CC1. The van der Waals surface area contributed by atoms with Crippen molar-refractivity contribution in [3.05, 3.63) is 54.5 Å². The van der Waals surface area contributed by atoms with Crippen LogP contribution in [0.1, 0.15) is 11.8 Å². The number of anilines is 1. The van der Waals surface area contributed by atoms with Crippen molar-refractivity contribution in [3.8, 4) is 0 Å². The van der Waals surface area contributed by atoms with Crippen LogP contribution in [0, 0.1) is 0 Å². The summed E-state index contributed by atoms with van der Waals surface area (Å²) in [6.07, 6.45) is 1.64. The van der Waals surface area contributed by atoms with Crippen molar-refractivity contribution in [3.63, 3.8) is 0 Å². The van der Waals surface area contributed by atoms with Gasteiger partial charge in [0.2, 0.25) is 0 Å². The Morgan fingerprint density at radius 3 is 2.33 bits per heavy atom. The summed E-state index contributed by atoms with van der Waals surface area (Å²) in [5.74, 6) is -0.436. The Bertz CT molecular complexity index is 786. The Morgan fingerprint density at radius 1 is 1.00 bits per heavy atom. The van der Waals surface area contributed by atoms with Crippen molar-refractivity contribution >= 4 is 17.5 Å². The number of amides is 2. The number of likely N-dealkylation sites (N-methyl/N-ethyl adjacent to an activating group) is 1. The molecule has 8 heteroatoms. The fourth-order valence-electron chi connectivity index (χ4n) is 3.56. The maximum atomic E-state index is 12.2. The van der Waals surface area contributed by atoms with Crippen molar-refractivity contribution < 1.29 is 14.0 Å². The van der Waals surface area contributed by atoms with E-state index < -0.39 is 11.8 Å². The molecule has 2 aromatic rings. The highest BCUT2D eigenvalue weighted by atomic mass is 16.3. The van der Waals surface area contributed by atoms with Crippen LogP contribution in [0.3, 0.4) is 0 Å². The lowest BCUT2D eigenvalue weighted by Gasteiger charge is -2.39. The van der Waals surface area contributed by atoms with Gasteiger partial charge in [-0.25, -0.2) is 0 Å². The number of nitrogens with one attached hydrogen (secondary N) is 2. The van der Waals surface area contributed by atoms with Crippen molar-refractivity contribution in [2.75, 3.05) is 64.8 Å². The monoisotopic (exact) mass is 413 g/mol. The minimum atomic E-state index is -0.617. The van der Waals surface area contributed by atoms with E-state index in [-0.39, 0.29) is 6.04 Å². The highest BCUT2D eigenvalue weighted by Gasteiger charge is 2.28. The summed E-state index contributed by atoms with van der Waals surface area (Å²) in [6, 6.07) is 14.0. The molecule has 162 valence electrons. The van der Waals surface area contributed by atoms with E-state index in [4.69, 9.17) is 4.42 Å². The summed E-state index contributed by atoms with van der Waals surface area (Å²) in [4.78, 5) is 30.8. The fraction of sp³-hybridized carbons (Fsp3) is 0.455. The van der Waals surface area contributed by atoms with Crippen LogP contribution in [-0.2, 0) is 9.59 Å². The Kier molecular flexibility index (Phi) is 7.87. The highest BCUT2D eigenvalue weighted by Crippen LogP contribution is 2.24. The Morgan fingerprint density at radius 2 is 1.70 bits per heavy atom. The normalized spacial score (nSPS) is 15.8. The number of carbonyl (C=O) groups excluding carboxylic acids is 2. The van der Waals surface area contributed by atoms with Crippen LogP contribution in [0.25, 0.3) is 0 Å². The van der Waals surface area contributed by atoms with Crippen LogP contribution < -0.4 is 15.5 Å². The number of rotatable bonds is 8. The number of carbonyl (C=O) groups is 2. The van der Waals surface area contributed by atoms with E-state index in [1.54, 1.807) is 6.26 Å². The molecule has 2 N–H and O–H groups in total. The number of hydrogen-bond donors (Lipinski definition) is 2. The molecule has 0 spiro atoms. The first-order valence-electron chi connectivity index (χ1n) is 10.3. The van der Waals surface area contributed by atoms with Gasteiger partial charge < -0.3 is 24.9 Å². The van der Waals surface area contributed by atoms with E-state index in [0.29, 0.717) is 19.6 Å². The van der Waals surface area contributed by atoms with Crippen LogP contribution in [0.4, 0.5) is 5.69 Å². The molecule has 0 radical (unpaired) electrons. The second-order valence-electron chi connectivity index (χ2n) is 7.66. The number of hydrogen-bond acceptors (Lipinski definition) is 6. The van der Waals surface area contributed by atoms with Gasteiger partial charge in [-0.15, -0.1) is 0 Å². The number of piperazine rings is 1. The number of benzene rings is 1. The number of para-hydroxylation sites is 1. The highest BCUT2D eigenvalue weighted by molar-refractivity contribution is 6.35. The third kappa shape index (κ3) is 6.08. The Labute approximate surface area is 177 Å². The smallest absolute Gasteiger partial charge is 0.309 e. The zero-order chi connectivity index (χ0) is 21.3. The topological polar surface area (TPSA) is 81.1 Å². The third-order valence-corrected chi connectivity index (χ3v) is 5.25. The van der Waals surface area contributed by atoms with Crippen LogP contribution in [0.2, 0.25) is 0 Å². The van der Waals surface area contributed by atoms with Crippen LogP contribution in [0.5, 0.6) is 0 Å². The van der Waals surface area contributed by atoms with Crippen LogP contribution in [-0.4, -0.2) is 81.5 Å². The molecule has 1 aliphatic rings. The summed E-state index contributed by atoms with van der Waals surface area (Å²) in [6.45, 7) is 4.89. The summed E-state index contributed by atoms with van der Waals surface area (Å²) in [5.41, 5.74) is 1.22. The minimum absolute atomic E-state index is 0.114. The van der Waals surface area contributed by atoms with E-state index in [0.717, 1.165) is 31.9 Å². The van der Waals surface area contributed by atoms with Crippen molar-refractivity contribution in [2.45, 2.75) is 6.04 Å². The average molecular weight is 414 g/mol. The Balaban J connectivity index is 1.54. The molecule has 8 nitrogen and oxygen atoms in total. The molecule has 1 atom stereocenters. The molecular formula is C22H31N5O3. The number of nitrogens with zero attached hydrogens (tertiary/aromatic N) is 3. The molecule has 1 saturated heterocycles. The van der Waals surface area contributed by atoms with E-state index in [2.05, 4.69) is 32.6 Å². The molecule has 0 unspecified atom stereocenters. The first-order valence-corrected chi connectivity index (χ1v) is 10.3. The number of furan rings is 1. The minimum Gasteiger partial charge on any atom is -0.468 e. The molecule has 1 aliphatic heterocycles. The zero-order valence-electron chi connectivity index (χ0n) is 17.7. The van der Waals surface area contributed by atoms with Gasteiger partial charge in [-0.05, 0) is 38.4 Å². The second kappa shape index (κ2) is 10.8. The van der Waals surface area contributed by atoms with Gasteiger partial charge in [0.15, 0.2) is 0 Å². The predicted molar refractivity (Wildman–Crippen MR) is 116 cm³/mol. The molecule has 3 rings (SSSR count). The molecule has 0 aliphatic carbocycles. The third-order valence-electron chi connectivity index (χ3n) is 5.25. The van der Waals surface area contributed by atoms with E-state index >= 15 is 0 Å². The lowest BCUT2D eigenvalue weighted by Crippen LogP contribution is -2.51. The molecular weight excluding hydrogens is 382 g/mol. The van der Waals surface area contributed by atoms with Crippen molar-refractivity contribution in [1.29, 1.82) is 0 Å². The molecule has 0 bridgehead atoms. The first-order chi connectivity index (χ1) is 14.5. The average Bonchev–Trinajstić information content (AvgIpc) is 3.29. The van der Waals surface area contributed by atoms with Gasteiger partial charge in [-0.2, -0.15) is 0 Å². The van der Waals surface area contributed by atoms with Crippen molar-refractivity contribution in [1.82, 2.24) is 20.4 Å². The van der Waals surface area contributed by atoms with Crippen LogP contribution >= 0.6 is 0 Å². The fourth-order valence-corrected chi connectivity index (χ4v) is 3.56. The summed E-state index contributed by atoms with van der Waals surface area (Å²) in [5, 5.41) is 5.41. The molecule has 30 heavy (non-hydrogen) atoms. The summed E-state index contributed by atoms with van der Waals surface area (Å²) in [7, 11) is 3.83. The quantitative estimate of drug-likeness (QED) is 0.627. The zero-order valence-corrected chi connectivity index (χ0v) is 17.7. The maximum absolute atomic E-state index is 12.2. The van der Waals surface area contributed by atoms with E-state index in [1.807, 2.05) is 49.3 Å². The molecule has 1 aromatic heterocycles. The van der Waals surface area contributed by atoms with Gasteiger partial charge >= 0.3 is 11.8 Å². The first kappa shape index (κ1) is 21.9. The lowest BCUT2D eigenvalue weighted by atomic mass is 10.1. The summed E-state index contributed by atoms with van der Waals surface area (Å²) < 4.78 is 5.63. The van der Waals surface area contributed by atoms with Gasteiger partial charge in [0.1, 0.15) is 5.76 Å². The van der Waals surface area contributed by atoms with Gasteiger partial charge in [0.05, 0.1) is 12.3 Å². The van der Waals surface area contributed by atoms with Gasteiger partial charge in [-0.1, -0.05) is 18.2 Å². The Hall–Kier alpha value is -2.84. The van der Waals surface area contributed by atoms with Crippen LogP contribution in [0.15, 0.2) is 53.1 Å². The van der Waals surface area contributed by atoms with Gasteiger partial charge in [0.25, 0.3) is 0 Å². The lowest BCUT2D eigenvalue weighted by molar-refractivity contribution is -0.139. The molecule has 1 fully saturated rings. The molecule has 2 amide bonds. The summed E-state index contributed by atoms with van der Waals surface area (Å²) >= 11 is 0. The van der Waals surface area contributed by atoms with Crippen molar-refractivity contribution in [2.24, 2.45) is 0 Å². The molecule has 1 aromatic carbocycles. The predicted octanol–water partition coefficient (Wildman–Crippen LogP) is 0.937.